The van der Waals surface area contributed by atoms with Crippen LogP contribution in [0.5, 0.6) is 11.6 Å². The van der Waals surface area contributed by atoms with Crippen molar-refractivity contribution in [2.24, 2.45) is 0 Å². The molecule has 0 aliphatic heterocycles. The van der Waals surface area contributed by atoms with Crippen LogP contribution in [0.2, 0.25) is 0 Å². The van der Waals surface area contributed by atoms with E-state index in [1.54, 1.807) is 0 Å². The number of nitrogens with two attached hydrogens (primary N) is 1. The summed E-state index contributed by atoms with van der Waals surface area (Å²) in [7, 11) is 0. The van der Waals surface area contributed by atoms with Gasteiger partial charge in [-0.15, -0.1) is 0 Å². The van der Waals surface area contributed by atoms with Gasteiger partial charge in [0, 0.05) is 6.04 Å². The second-order valence-electron chi connectivity index (χ2n) is 7.10. The van der Waals surface area contributed by atoms with Crippen molar-refractivity contribution in [1.29, 1.82) is 0 Å². The molecule has 1 aliphatic carbocycles. The molecule has 25 heavy (non-hydrogen) atoms. The Balaban J connectivity index is 1.71. The molecule has 5 nitrogen and oxygen atoms in total. The molecule has 0 unspecified atom stereocenters. The molecule has 0 bridgehead atoms. The summed E-state index contributed by atoms with van der Waals surface area (Å²) in [4.78, 5) is 8.52. The van der Waals surface area contributed by atoms with Crippen LogP contribution in [-0.4, -0.2) is 16.0 Å². The molecule has 0 spiro atoms. The van der Waals surface area contributed by atoms with Gasteiger partial charge in [0.1, 0.15) is 17.8 Å². The van der Waals surface area contributed by atoms with Crippen molar-refractivity contribution in [3.63, 3.8) is 0 Å². The van der Waals surface area contributed by atoms with Crippen LogP contribution in [0, 0.1) is 0 Å². The van der Waals surface area contributed by atoms with Gasteiger partial charge in [0.15, 0.2) is 5.82 Å². The number of ether oxygens (including phenoxy) is 1. The Hall–Kier alpha value is -2.30. The Kier molecular flexibility index (Phi) is 5.74. The molecule has 1 saturated carbocycles. The van der Waals surface area contributed by atoms with E-state index in [1.165, 1.54) is 37.6 Å². The van der Waals surface area contributed by atoms with E-state index in [2.05, 4.69) is 41.3 Å². The van der Waals surface area contributed by atoms with Gasteiger partial charge in [0.05, 0.1) is 0 Å². The zero-order valence-electron chi connectivity index (χ0n) is 15.2. The van der Waals surface area contributed by atoms with Gasteiger partial charge in [-0.2, -0.15) is 4.98 Å². The molecule has 1 aromatic heterocycles. The zero-order valence-corrected chi connectivity index (χ0v) is 15.2. The second kappa shape index (κ2) is 8.19. The van der Waals surface area contributed by atoms with Gasteiger partial charge in [0.2, 0.25) is 5.88 Å². The monoisotopic (exact) mass is 340 g/mol. The highest BCUT2D eigenvalue weighted by Crippen LogP contribution is 2.31. The summed E-state index contributed by atoms with van der Waals surface area (Å²) < 4.78 is 5.88. The van der Waals surface area contributed by atoms with Crippen molar-refractivity contribution in [3.8, 4) is 11.6 Å². The fourth-order valence-corrected chi connectivity index (χ4v) is 3.23. The summed E-state index contributed by atoms with van der Waals surface area (Å²) in [5.74, 6) is 2.31. The molecule has 3 rings (SSSR count). The third kappa shape index (κ3) is 4.62. The Morgan fingerprint density at radius 1 is 1.04 bits per heavy atom. The normalized spacial score (nSPS) is 15.8. The minimum absolute atomic E-state index is 0.406. The van der Waals surface area contributed by atoms with E-state index < -0.39 is 0 Å². The van der Waals surface area contributed by atoms with Gasteiger partial charge in [-0.3, -0.25) is 0 Å². The molecule has 1 fully saturated rings. The maximum atomic E-state index is 6.25. The lowest BCUT2D eigenvalue weighted by molar-refractivity contribution is 0.464. The molecule has 0 amide bonds. The molecule has 1 heterocycles. The van der Waals surface area contributed by atoms with Crippen molar-refractivity contribution < 1.29 is 4.74 Å². The third-order valence-electron chi connectivity index (χ3n) is 4.80. The van der Waals surface area contributed by atoms with Gasteiger partial charge < -0.3 is 15.8 Å². The topological polar surface area (TPSA) is 73.1 Å². The van der Waals surface area contributed by atoms with Crippen LogP contribution < -0.4 is 15.8 Å². The van der Waals surface area contributed by atoms with Gasteiger partial charge in [-0.05, 0) is 36.5 Å². The Bertz CT molecular complexity index is 677. The number of rotatable bonds is 5. The standard InChI is InChI=1S/C20H28N4O/c1-14(2)15-9-11-17(12-10-15)25-20-18(21)19(22-13-23-20)24-16-7-5-3-4-6-8-16/h9-14,16H,3-8,21H2,1-2H3,(H,22,23,24). The minimum atomic E-state index is 0.406. The van der Waals surface area contributed by atoms with E-state index in [0.29, 0.717) is 29.3 Å². The van der Waals surface area contributed by atoms with Crippen LogP contribution in [0.3, 0.4) is 0 Å². The summed E-state index contributed by atoms with van der Waals surface area (Å²) in [6, 6.07) is 8.48. The molecule has 3 N–H and O–H groups in total. The first kappa shape index (κ1) is 17.5. The molecule has 0 atom stereocenters. The van der Waals surface area contributed by atoms with Crippen molar-refractivity contribution in [3.05, 3.63) is 36.2 Å². The largest absolute Gasteiger partial charge is 0.437 e. The van der Waals surface area contributed by atoms with Gasteiger partial charge in [0.25, 0.3) is 0 Å². The molecule has 1 aromatic carbocycles. The quantitative estimate of drug-likeness (QED) is 0.740. The summed E-state index contributed by atoms with van der Waals surface area (Å²) in [5, 5.41) is 3.48. The fraction of sp³-hybridized carbons (Fsp3) is 0.500. The van der Waals surface area contributed by atoms with Crippen LogP contribution in [0.4, 0.5) is 11.5 Å². The Labute approximate surface area is 150 Å². The van der Waals surface area contributed by atoms with Crippen LogP contribution in [0.1, 0.15) is 63.9 Å². The number of nitrogen functional groups attached to an aromatic ring is 1. The molecule has 0 radical (unpaired) electrons. The number of hydrogen-bond acceptors (Lipinski definition) is 5. The first-order chi connectivity index (χ1) is 12.1. The number of nitrogens with zero attached hydrogens (tertiary/aromatic N) is 2. The first-order valence-corrected chi connectivity index (χ1v) is 9.28. The van der Waals surface area contributed by atoms with E-state index in [4.69, 9.17) is 10.5 Å². The highest BCUT2D eigenvalue weighted by atomic mass is 16.5. The van der Waals surface area contributed by atoms with Crippen LogP contribution in [0.15, 0.2) is 30.6 Å². The van der Waals surface area contributed by atoms with Crippen molar-refractivity contribution in [2.75, 3.05) is 11.1 Å². The van der Waals surface area contributed by atoms with Gasteiger partial charge in [-0.25, -0.2) is 4.98 Å². The number of aromatic nitrogens is 2. The Morgan fingerprint density at radius 3 is 2.36 bits per heavy atom. The average Bonchev–Trinajstić information content (AvgIpc) is 2.87. The van der Waals surface area contributed by atoms with Gasteiger partial charge in [-0.1, -0.05) is 51.7 Å². The lowest BCUT2D eigenvalue weighted by atomic mass is 10.0. The molecule has 0 saturated heterocycles. The summed E-state index contributed by atoms with van der Waals surface area (Å²) in [6.07, 6.45) is 8.98. The van der Waals surface area contributed by atoms with E-state index in [1.807, 2.05) is 12.1 Å². The SMILES string of the molecule is CC(C)c1ccc(Oc2ncnc(NC3CCCCCC3)c2N)cc1. The smallest absolute Gasteiger partial charge is 0.248 e. The van der Waals surface area contributed by atoms with Crippen LogP contribution >= 0.6 is 0 Å². The number of anilines is 2. The van der Waals surface area contributed by atoms with Crippen molar-refractivity contribution in [1.82, 2.24) is 9.97 Å². The van der Waals surface area contributed by atoms with Crippen molar-refractivity contribution >= 4 is 11.5 Å². The molecule has 2 aromatic rings. The number of nitrogens with one attached hydrogen (secondary N) is 1. The zero-order chi connectivity index (χ0) is 17.6. The van der Waals surface area contributed by atoms with Crippen molar-refractivity contribution in [2.45, 2.75) is 64.3 Å². The third-order valence-corrected chi connectivity index (χ3v) is 4.80. The average molecular weight is 340 g/mol. The predicted octanol–water partition coefficient (Wildman–Crippen LogP) is 5.11. The van der Waals surface area contributed by atoms with Gasteiger partial charge >= 0.3 is 0 Å². The summed E-state index contributed by atoms with van der Waals surface area (Å²) in [6.45, 7) is 4.34. The maximum absolute atomic E-state index is 6.25. The molecular formula is C20H28N4O. The van der Waals surface area contributed by atoms with Crippen LogP contribution in [-0.2, 0) is 0 Å². The Morgan fingerprint density at radius 2 is 1.72 bits per heavy atom. The molecule has 134 valence electrons. The van der Waals surface area contributed by atoms with E-state index in [0.717, 1.165) is 18.6 Å². The highest BCUT2D eigenvalue weighted by Gasteiger charge is 2.16. The van der Waals surface area contributed by atoms with E-state index >= 15 is 0 Å². The number of benzene rings is 1. The molecule has 5 heteroatoms. The molecule has 1 aliphatic rings. The van der Waals surface area contributed by atoms with E-state index in [-0.39, 0.29) is 0 Å². The fourth-order valence-electron chi connectivity index (χ4n) is 3.23. The lowest BCUT2D eigenvalue weighted by Crippen LogP contribution is -2.20. The summed E-state index contributed by atoms with van der Waals surface area (Å²) in [5.41, 5.74) is 8.00. The predicted molar refractivity (Wildman–Crippen MR) is 102 cm³/mol. The first-order valence-electron chi connectivity index (χ1n) is 9.28. The highest BCUT2D eigenvalue weighted by molar-refractivity contribution is 5.67. The molecular weight excluding hydrogens is 312 g/mol. The summed E-state index contributed by atoms with van der Waals surface area (Å²) >= 11 is 0. The maximum Gasteiger partial charge on any atom is 0.248 e. The van der Waals surface area contributed by atoms with Crippen LogP contribution in [0.25, 0.3) is 0 Å². The number of hydrogen-bond donors (Lipinski definition) is 2. The lowest BCUT2D eigenvalue weighted by Gasteiger charge is -2.18. The van der Waals surface area contributed by atoms with E-state index in [9.17, 15) is 0 Å². The second-order valence-corrected chi connectivity index (χ2v) is 7.10. The minimum Gasteiger partial charge on any atom is -0.437 e.